The van der Waals surface area contributed by atoms with Crippen molar-refractivity contribution in [3.63, 3.8) is 0 Å². The highest BCUT2D eigenvalue weighted by Crippen LogP contribution is 2.38. The van der Waals surface area contributed by atoms with Gasteiger partial charge in [-0.3, -0.25) is 4.79 Å². The number of halogens is 3. The summed E-state index contributed by atoms with van der Waals surface area (Å²) in [6.07, 6.45) is -4.95. The summed E-state index contributed by atoms with van der Waals surface area (Å²) in [4.78, 5) is 25.4. The average Bonchev–Trinajstić information content (AvgIpc) is 2.83. The van der Waals surface area contributed by atoms with E-state index in [4.69, 9.17) is 18.6 Å². The van der Waals surface area contributed by atoms with Crippen LogP contribution in [0.25, 0.3) is 22.1 Å². The molecule has 0 aliphatic carbocycles. The quantitative estimate of drug-likeness (QED) is 0.275. The third kappa shape index (κ3) is 4.45. The van der Waals surface area contributed by atoms with Gasteiger partial charge in [0.25, 0.3) is 0 Å². The molecule has 34 heavy (non-hydrogen) atoms. The largest absolute Gasteiger partial charge is 0.497 e. The fourth-order valence-electron chi connectivity index (χ4n) is 3.35. The lowest BCUT2D eigenvalue weighted by molar-refractivity contribution is -0.152. The molecule has 0 unspecified atom stereocenters. The Balaban J connectivity index is 1.77. The standard InChI is InChI=1S/C25H17F3O6/c1-31-16-7-3-14(4-8-16)21-22(29)19-12-11-18(13-20(19)34-23(21)25(26,27)28)33-24(30)15-5-9-17(32-2)10-6-15/h3-13H,1-2H3. The molecule has 0 fully saturated rings. The van der Waals surface area contributed by atoms with Gasteiger partial charge in [-0.15, -0.1) is 0 Å². The first-order chi connectivity index (χ1) is 16.2. The van der Waals surface area contributed by atoms with Gasteiger partial charge in [0, 0.05) is 6.07 Å². The number of carbonyl (C=O) groups is 1. The van der Waals surface area contributed by atoms with E-state index in [2.05, 4.69) is 0 Å². The van der Waals surface area contributed by atoms with Crippen molar-refractivity contribution in [2.24, 2.45) is 0 Å². The van der Waals surface area contributed by atoms with Crippen molar-refractivity contribution in [1.82, 2.24) is 0 Å². The molecule has 9 heteroatoms. The van der Waals surface area contributed by atoms with E-state index >= 15 is 0 Å². The number of fused-ring (bicyclic) bond motifs is 1. The van der Waals surface area contributed by atoms with Crippen LogP contribution in [0.3, 0.4) is 0 Å². The van der Waals surface area contributed by atoms with Gasteiger partial charge in [-0.25, -0.2) is 4.79 Å². The number of hydrogen-bond acceptors (Lipinski definition) is 6. The molecule has 0 atom stereocenters. The van der Waals surface area contributed by atoms with Crippen LogP contribution in [0.1, 0.15) is 16.1 Å². The number of alkyl halides is 3. The molecule has 3 aromatic carbocycles. The second kappa shape index (κ2) is 8.93. The number of methoxy groups -OCH3 is 2. The zero-order valence-corrected chi connectivity index (χ0v) is 17.9. The van der Waals surface area contributed by atoms with Gasteiger partial charge < -0.3 is 18.6 Å². The predicted octanol–water partition coefficient (Wildman–Crippen LogP) is 5.72. The number of hydrogen-bond donors (Lipinski definition) is 0. The third-order valence-corrected chi connectivity index (χ3v) is 5.04. The van der Waals surface area contributed by atoms with E-state index in [1.54, 1.807) is 12.1 Å². The van der Waals surface area contributed by atoms with Gasteiger partial charge in [-0.05, 0) is 54.1 Å². The Morgan fingerprint density at radius 1 is 0.824 bits per heavy atom. The van der Waals surface area contributed by atoms with Gasteiger partial charge >= 0.3 is 12.1 Å². The van der Waals surface area contributed by atoms with Crippen molar-refractivity contribution in [3.05, 3.63) is 88.3 Å². The van der Waals surface area contributed by atoms with Crippen LogP contribution in [-0.2, 0) is 6.18 Å². The van der Waals surface area contributed by atoms with Crippen LogP contribution < -0.4 is 19.6 Å². The minimum atomic E-state index is -4.95. The Morgan fingerprint density at radius 3 is 1.94 bits per heavy atom. The van der Waals surface area contributed by atoms with Crippen molar-refractivity contribution >= 4 is 16.9 Å². The molecule has 0 radical (unpaired) electrons. The molecule has 0 saturated heterocycles. The van der Waals surface area contributed by atoms with Crippen molar-refractivity contribution in [2.75, 3.05) is 14.2 Å². The first-order valence-electron chi connectivity index (χ1n) is 9.90. The SMILES string of the molecule is COc1ccc(C(=O)Oc2ccc3c(=O)c(-c4ccc(OC)cc4)c(C(F)(F)F)oc3c2)cc1. The molecule has 174 valence electrons. The molecular weight excluding hydrogens is 453 g/mol. The van der Waals surface area contributed by atoms with Crippen molar-refractivity contribution in [2.45, 2.75) is 6.18 Å². The van der Waals surface area contributed by atoms with Crippen LogP contribution in [0.5, 0.6) is 17.2 Å². The van der Waals surface area contributed by atoms with E-state index in [9.17, 15) is 22.8 Å². The zero-order chi connectivity index (χ0) is 24.5. The first kappa shape index (κ1) is 22.9. The molecule has 1 aromatic heterocycles. The lowest BCUT2D eigenvalue weighted by Gasteiger charge is -2.13. The Hall–Kier alpha value is -4.27. The van der Waals surface area contributed by atoms with Crippen molar-refractivity contribution in [1.29, 1.82) is 0 Å². The number of carbonyl (C=O) groups excluding carboxylic acids is 1. The van der Waals surface area contributed by atoms with Crippen molar-refractivity contribution in [3.8, 4) is 28.4 Å². The summed E-state index contributed by atoms with van der Waals surface area (Å²) in [6, 6.07) is 15.3. The minimum absolute atomic E-state index is 0.0267. The Morgan fingerprint density at radius 2 is 1.38 bits per heavy atom. The Bertz CT molecular complexity index is 1400. The molecule has 1 heterocycles. The number of esters is 1. The molecule has 0 spiro atoms. The lowest BCUT2D eigenvalue weighted by Crippen LogP contribution is -2.16. The van der Waals surface area contributed by atoms with Crippen LogP contribution in [-0.4, -0.2) is 20.2 Å². The van der Waals surface area contributed by atoms with Gasteiger partial charge in [-0.1, -0.05) is 12.1 Å². The summed E-state index contributed by atoms with van der Waals surface area (Å²) < 4.78 is 61.9. The highest BCUT2D eigenvalue weighted by molar-refractivity contribution is 5.92. The highest BCUT2D eigenvalue weighted by Gasteiger charge is 2.39. The normalized spacial score (nSPS) is 11.3. The maximum atomic E-state index is 13.8. The third-order valence-electron chi connectivity index (χ3n) is 5.04. The second-order valence-corrected chi connectivity index (χ2v) is 7.14. The molecule has 4 rings (SSSR count). The molecule has 0 saturated carbocycles. The summed E-state index contributed by atoms with van der Waals surface area (Å²) in [6.45, 7) is 0. The zero-order valence-electron chi connectivity index (χ0n) is 17.9. The molecule has 0 aliphatic rings. The fraction of sp³-hybridized carbons (Fsp3) is 0.120. The number of rotatable bonds is 5. The van der Waals surface area contributed by atoms with Crippen LogP contribution in [0.2, 0.25) is 0 Å². The van der Waals surface area contributed by atoms with E-state index in [1.165, 1.54) is 62.8 Å². The monoisotopic (exact) mass is 470 g/mol. The van der Waals surface area contributed by atoms with Crippen LogP contribution in [0.15, 0.2) is 75.9 Å². The topological polar surface area (TPSA) is 75.0 Å². The fourth-order valence-corrected chi connectivity index (χ4v) is 3.35. The number of ether oxygens (including phenoxy) is 3. The first-order valence-corrected chi connectivity index (χ1v) is 9.90. The maximum absolute atomic E-state index is 13.8. The summed E-state index contributed by atoms with van der Waals surface area (Å²) in [7, 11) is 2.89. The smallest absolute Gasteiger partial charge is 0.450 e. The van der Waals surface area contributed by atoms with E-state index in [0.717, 1.165) is 6.07 Å². The molecule has 0 aliphatic heterocycles. The van der Waals surface area contributed by atoms with Gasteiger partial charge in [0.05, 0.1) is 30.7 Å². The van der Waals surface area contributed by atoms with E-state index in [0.29, 0.717) is 11.5 Å². The van der Waals surface area contributed by atoms with Gasteiger partial charge in [0.1, 0.15) is 22.8 Å². The minimum Gasteiger partial charge on any atom is -0.497 e. The second-order valence-electron chi connectivity index (χ2n) is 7.14. The molecular formula is C25H17F3O6. The lowest BCUT2D eigenvalue weighted by atomic mass is 10.0. The average molecular weight is 470 g/mol. The van der Waals surface area contributed by atoms with Crippen molar-refractivity contribution < 1.29 is 36.6 Å². The molecule has 0 amide bonds. The van der Waals surface area contributed by atoms with Crippen LogP contribution in [0.4, 0.5) is 13.2 Å². The van der Waals surface area contributed by atoms with E-state index in [1.807, 2.05) is 0 Å². The number of benzene rings is 3. The van der Waals surface area contributed by atoms with Gasteiger partial charge in [-0.2, -0.15) is 13.2 Å². The van der Waals surface area contributed by atoms with E-state index < -0.39 is 28.9 Å². The molecule has 0 bridgehead atoms. The van der Waals surface area contributed by atoms with Gasteiger partial charge in [0.15, 0.2) is 0 Å². The predicted molar refractivity (Wildman–Crippen MR) is 117 cm³/mol. The molecule has 6 nitrogen and oxygen atoms in total. The Kier molecular flexibility index (Phi) is 6.02. The summed E-state index contributed by atoms with van der Waals surface area (Å²) in [5.41, 5.74) is -1.63. The summed E-state index contributed by atoms with van der Waals surface area (Å²) in [5.74, 6) is -1.31. The van der Waals surface area contributed by atoms with Crippen LogP contribution >= 0.6 is 0 Å². The summed E-state index contributed by atoms with van der Waals surface area (Å²) >= 11 is 0. The Labute approximate surface area is 191 Å². The summed E-state index contributed by atoms with van der Waals surface area (Å²) in [5, 5.41) is -0.0944. The van der Waals surface area contributed by atoms with E-state index in [-0.39, 0.29) is 27.8 Å². The highest BCUT2D eigenvalue weighted by atomic mass is 19.4. The molecule has 0 N–H and O–H groups in total. The molecule has 4 aromatic rings. The van der Waals surface area contributed by atoms with Gasteiger partial charge in [0.2, 0.25) is 11.2 Å². The maximum Gasteiger partial charge on any atom is 0.450 e. The van der Waals surface area contributed by atoms with Crippen LogP contribution in [0, 0.1) is 0 Å².